The minimum absolute atomic E-state index is 0.348. The maximum atomic E-state index is 11.6. The largest absolute Gasteiger partial charge is 0.444 e. The molecule has 0 unspecified atom stereocenters. The van der Waals surface area contributed by atoms with Crippen molar-refractivity contribution in [1.82, 2.24) is 5.32 Å². The highest BCUT2D eigenvalue weighted by Crippen LogP contribution is 2.23. The second-order valence-electron chi connectivity index (χ2n) is 7.48. The minimum atomic E-state index is -0.448. The molecule has 1 aromatic rings. The smallest absolute Gasteiger partial charge is 0.407 e. The molecule has 1 aliphatic carbocycles. The van der Waals surface area contributed by atoms with Gasteiger partial charge in [0.25, 0.3) is 0 Å². The molecule has 24 heavy (non-hydrogen) atoms. The Kier molecular flexibility index (Phi) is 6.73. The first-order valence-electron chi connectivity index (χ1n) is 9.00. The van der Waals surface area contributed by atoms with Crippen LogP contribution in [0.2, 0.25) is 0 Å². The lowest BCUT2D eigenvalue weighted by molar-refractivity contribution is 0.0527. The fourth-order valence-electron chi connectivity index (χ4n) is 2.86. The van der Waals surface area contributed by atoms with Crippen molar-refractivity contribution >= 4 is 6.09 Å². The fraction of sp³-hybridized carbons (Fsp3) is 0.571. The summed E-state index contributed by atoms with van der Waals surface area (Å²) in [5.74, 6) is 7.32. The number of nitrogens with one attached hydrogen (secondary N) is 1. The number of carbonyl (C=O) groups excluding carboxylic acids is 1. The van der Waals surface area contributed by atoms with Crippen molar-refractivity contribution in [3.05, 3.63) is 35.4 Å². The van der Waals surface area contributed by atoms with Crippen LogP contribution in [0.3, 0.4) is 0 Å². The first-order valence-corrected chi connectivity index (χ1v) is 9.00. The van der Waals surface area contributed by atoms with Gasteiger partial charge in [-0.25, -0.2) is 4.79 Å². The highest BCUT2D eigenvalue weighted by Gasteiger charge is 2.15. The van der Waals surface area contributed by atoms with E-state index in [9.17, 15) is 4.79 Å². The van der Waals surface area contributed by atoms with Gasteiger partial charge in [-0.15, -0.1) is 0 Å². The van der Waals surface area contributed by atoms with Gasteiger partial charge in [0, 0.05) is 18.0 Å². The van der Waals surface area contributed by atoms with E-state index in [1.54, 1.807) is 0 Å². The van der Waals surface area contributed by atoms with Crippen molar-refractivity contribution < 1.29 is 9.53 Å². The van der Waals surface area contributed by atoms with E-state index in [2.05, 4.69) is 41.4 Å². The molecule has 1 saturated carbocycles. The van der Waals surface area contributed by atoms with Gasteiger partial charge in [0.15, 0.2) is 0 Å². The number of alkyl carbamates (subject to hydrolysis) is 1. The molecule has 3 nitrogen and oxygen atoms in total. The SMILES string of the molecule is CC(C)(C)OC(=O)NCCCc1cccc(C#CC2CCCC2)c1. The Bertz CT molecular complexity index is 598. The van der Waals surface area contributed by atoms with Crippen LogP contribution in [-0.4, -0.2) is 18.2 Å². The van der Waals surface area contributed by atoms with E-state index in [0.29, 0.717) is 12.5 Å². The fourth-order valence-corrected chi connectivity index (χ4v) is 2.86. The van der Waals surface area contributed by atoms with Gasteiger partial charge in [-0.05, 0) is 64.2 Å². The van der Waals surface area contributed by atoms with Crippen molar-refractivity contribution in [2.45, 2.75) is 64.9 Å². The summed E-state index contributed by atoms with van der Waals surface area (Å²) in [5.41, 5.74) is 1.91. The third-order valence-corrected chi connectivity index (χ3v) is 4.01. The average molecular weight is 327 g/mol. The Balaban J connectivity index is 1.75. The molecule has 1 aliphatic rings. The molecular formula is C21H29NO2. The topological polar surface area (TPSA) is 38.3 Å². The molecule has 1 amide bonds. The van der Waals surface area contributed by atoms with E-state index in [-0.39, 0.29) is 6.09 Å². The molecule has 1 aromatic carbocycles. The summed E-state index contributed by atoms with van der Waals surface area (Å²) in [7, 11) is 0. The zero-order valence-electron chi connectivity index (χ0n) is 15.2. The Labute approximate surface area is 146 Å². The Hall–Kier alpha value is -1.95. The van der Waals surface area contributed by atoms with Crippen LogP contribution >= 0.6 is 0 Å². The van der Waals surface area contributed by atoms with Crippen LogP contribution in [0.4, 0.5) is 4.79 Å². The molecule has 0 aromatic heterocycles. The van der Waals surface area contributed by atoms with E-state index < -0.39 is 5.60 Å². The van der Waals surface area contributed by atoms with Crippen LogP contribution in [0.5, 0.6) is 0 Å². The molecule has 0 radical (unpaired) electrons. The molecule has 0 spiro atoms. The first kappa shape index (κ1) is 18.4. The number of ether oxygens (including phenoxy) is 1. The molecule has 0 bridgehead atoms. The van der Waals surface area contributed by atoms with Crippen molar-refractivity contribution in [2.75, 3.05) is 6.54 Å². The van der Waals surface area contributed by atoms with Gasteiger partial charge in [0.05, 0.1) is 0 Å². The standard InChI is InChI=1S/C21H29NO2/c1-21(2,3)24-20(23)22-15-7-12-18-10-6-11-19(16-18)14-13-17-8-4-5-9-17/h6,10-11,16-17H,4-5,7-9,12,15H2,1-3H3,(H,22,23). The Morgan fingerprint density at radius 2 is 2.04 bits per heavy atom. The molecule has 1 N–H and O–H groups in total. The molecule has 0 aliphatic heterocycles. The second kappa shape index (κ2) is 8.78. The third kappa shape index (κ3) is 7.08. The number of hydrogen-bond acceptors (Lipinski definition) is 2. The van der Waals surface area contributed by atoms with Crippen LogP contribution in [-0.2, 0) is 11.2 Å². The molecule has 1 fully saturated rings. The lowest BCUT2D eigenvalue weighted by atomic mass is 10.0. The summed E-state index contributed by atoms with van der Waals surface area (Å²) in [5, 5.41) is 2.80. The zero-order chi connectivity index (χ0) is 17.4. The number of rotatable bonds is 4. The quantitative estimate of drug-likeness (QED) is 0.644. The van der Waals surface area contributed by atoms with Gasteiger partial charge in [0.2, 0.25) is 0 Å². The molecular weight excluding hydrogens is 298 g/mol. The summed E-state index contributed by atoms with van der Waals surface area (Å²) in [4.78, 5) is 11.6. The van der Waals surface area contributed by atoms with E-state index in [1.807, 2.05) is 20.8 Å². The molecule has 3 heteroatoms. The molecule has 130 valence electrons. The third-order valence-electron chi connectivity index (χ3n) is 4.01. The van der Waals surface area contributed by atoms with Gasteiger partial charge < -0.3 is 10.1 Å². The van der Waals surface area contributed by atoms with Crippen LogP contribution in [0.1, 0.15) is 64.0 Å². The number of hydrogen-bond donors (Lipinski definition) is 1. The predicted molar refractivity (Wildman–Crippen MR) is 97.8 cm³/mol. The van der Waals surface area contributed by atoms with Gasteiger partial charge in [-0.1, -0.05) is 36.8 Å². The van der Waals surface area contributed by atoms with Gasteiger partial charge in [-0.2, -0.15) is 0 Å². The van der Waals surface area contributed by atoms with Gasteiger partial charge in [0.1, 0.15) is 5.60 Å². The van der Waals surface area contributed by atoms with E-state index in [1.165, 1.54) is 31.2 Å². The zero-order valence-corrected chi connectivity index (χ0v) is 15.2. The van der Waals surface area contributed by atoms with Gasteiger partial charge in [-0.3, -0.25) is 0 Å². The van der Waals surface area contributed by atoms with E-state index in [0.717, 1.165) is 18.4 Å². The normalized spacial score (nSPS) is 14.8. The lowest BCUT2D eigenvalue weighted by Gasteiger charge is -2.19. The molecule has 0 saturated heterocycles. The Morgan fingerprint density at radius 1 is 1.29 bits per heavy atom. The predicted octanol–water partition coefficient (Wildman–Crippen LogP) is 4.69. The van der Waals surface area contributed by atoms with Crippen molar-refractivity contribution in [3.8, 4) is 11.8 Å². The molecule has 2 rings (SSSR count). The Morgan fingerprint density at radius 3 is 2.75 bits per heavy atom. The highest BCUT2D eigenvalue weighted by molar-refractivity contribution is 5.67. The average Bonchev–Trinajstić information content (AvgIpc) is 3.02. The summed E-state index contributed by atoms with van der Waals surface area (Å²) >= 11 is 0. The minimum Gasteiger partial charge on any atom is -0.444 e. The monoisotopic (exact) mass is 327 g/mol. The molecule has 0 heterocycles. The van der Waals surface area contributed by atoms with Gasteiger partial charge >= 0.3 is 6.09 Å². The molecule has 0 atom stereocenters. The first-order chi connectivity index (χ1) is 11.4. The highest BCUT2D eigenvalue weighted by atomic mass is 16.6. The number of benzene rings is 1. The van der Waals surface area contributed by atoms with Crippen molar-refractivity contribution in [1.29, 1.82) is 0 Å². The number of aryl methyl sites for hydroxylation is 1. The maximum Gasteiger partial charge on any atom is 0.407 e. The maximum absolute atomic E-state index is 11.6. The second-order valence-corrected chi connectivity index (χ2v) is 7.48. The van der Waals surface area contributed by atoms with Crippen LogP contribution in [0.25, 0.3) is 0 Å². The number of carbonyl (C=O) groups is 1. The van der Waals surface area contributed by atoms with E-state index in [4.69, 9.17) is 4.74 Å². The van der Waals surface area contributed by atoms with Crippen molar-refractivity contribution in [3.63, 3.8) is 0 Å². The van der Waals surface area contributed by atoms with Crippen molar-refractivity contribution in [2.24, 2.45) is 5.92 Å². The van der Waals surface area contributed by atoms with E-state index >= 15 is 0 Å². The summed E-state index contributed by atoms with van der Waals surface area (Å²) in [6, 6.07) is 8.42. The summed E-state index contributed by atoms with van der Waals surface area (Å²) in [6.07, 6.45) is 6.62. The summed E-state index contributed by atoms with van der Waals surface area (Å²) < 4.78 is 5.22. The van der Waals surface area contributed by atoms with Crippen LogP contribution in [0, 0.1) is 17.8 Å². The summed E-state index contributed by atoms with van der Waals surface area (Å²) in [6.45, 7) is 6.22. The lowest BCUT2D eigenvalue weighted by Crippen LogP contribution is -2.33. The van der Waals surface area contributed by atoms with Crippen LogP contribution in [0.15, 0.2) is 24.3 Å². The van der Waals surface area contributed by atoms with Crippen LogP contribution < -0.4 is 5.32 Å². The number of amides is 1.